The van der Waals surface area contributed by atoms with Crippen molar-refractivity contribution in [3.63, 3.8) is 0 Å². The van der Waals surface area contributed by atoms with E-state index in [1.807, 2.05) is 0 Å². The molecule has 7 rings (SSSR count). The monoisotopic (exact) mass is 823 g/mol. The van der Waals surface area contributed by atoms with Gasteiger partial charge in [0.15, 0.2) is 0 Å². The number of hydrogen-bond acceptors (Lipinski definition) is 10. The van der Waals surface area contributed by atoms with Crippen LogP contribution < -0.4 is 20.1 Å². The van der Waals surface area contributed by atoms with Crippen molar-refractivity contribution in [2.45, 2.75) is 125 Å². The molecule has 2 aliphatic carbocycles. The number of hydrogen-bond donors (Lipinski definition) is 3. The molecule has 2 aromatic rings. The Morgan fingerprint density at radius 3 is 2.43 bits per heavy atom. The summed E-state index contributed by atoms with van der Waals surface area (Å²) in [5.41, 5.74) is -0.705. The smallest absolute Gasteiger partial charge is 0.410 e. The lowest BCUT2D eigenvalue weighted by molar-refractivity contribution is -0.141. The lowest BCUT2D eigenvalue weighted by atomic mass is 10.0. The van der Waals surface area contributed by atoms with Crippen LogP contribution in [0, 0.1) is 11.7 Å². The minimum absolute atomic E-state index is 0.0186. The Labute approximate surface area is 337 Å². The van der Waals surface area contributed by atoms with E-state index in [4.69, 9.17) is 14.2 Å². The highest BCUT2D eigenvalue weighted by atomic mass is 32.2. The van der Waals surface area contributed by atoms with Crippen LogP contribution in [0.2, 0.25) is 0 Å². The Morgan fingerprint density at radius 1 is 0.931 bits per heavy atom. The van der Waals surface area contributed by atoms with Crippen molar-refractivity contribution in [1.29, 1.82) is 0 Å². The molecule has 0 unspecified atom stereocenters. The molecule has 0 bridgehead atoms. The first-order chi connectivity index (χ1) is 27.9. The summed E-state index contributed by atoms with van der Waals surface area (Å²) in [6.45, 7) is 3.87. The van der Waals surface area contributed by atoms with Crippen LogP contribution in [-0.4, -0.2) is 91.1 Å². The maximum Gasteiger partial charge on any atom is 0.410 e. The van der Waals surface area contributed by atoms with Gasteiger partial charge in [0.05, 0.1) is 19.7 Å². The second-order valence-corrected chi connectivity index (χ2v) is 17.4. The van der Waals surface area contributed by atoms with E-state index in [9.17, 15) is 36.8 Å². The molecule has 1 saturated heterocycles. The zero-order valence-corrected chi connectivity index (χ0v) is 33.1. The van der Waals surface area contributed by atoms with Crippen LogP contribution in [0.1, 0.15) is 88.2 Å². The average Bonchev–Trinajstić information content (AvgIpc) is 3.59. The van der Waals surface area contributed by atoms with Crippen molar-refractivity contribution in [3.05, 3.63) is 72.1 Å². The van der Waals surface area contributed by atoms with Gasteiger partial charge in [-0.3, -0.25) is 19.3 Å². The van der Waals surface area contributed by atoms with Gasteiger partial charge in [0.25, 0.3) is 15.9 Å². The normalized spacial score (nSPS) is 27.9. The number of halogens is 1. The van der Waals surface area contributed by atoms with E-state index in [0.717, 1.165) is 38.5 Å². The average molecular weight is 824 g/mol. The highest BCUT2D eigenvalue weighted by molar-refractivity contribution is 7.90. The fourth-order valence-electron chi connectivity index (χ4n) is 8.45. The number of sulfonamides is 1. The first-order valence-corrected chi connectivity index (χ1v) is 21.6. The number of benzene rings is 2. The molecular formula is C41H50FN5O10S. The summed E-state index contributed by atoms with van der Waals surface area (Å²) < 4.78 is 61.3. The summed E-state index contributed by atoms with van der Waals surface area (Å²) in [4.78, 5) is 71.8. The Hall–Kier alpha value is -5.19. The molecule has 2 saturated carbocycles. The number of alkyl carbamates (subject to hydrolysis) is 1. The van der Waals surface area contributed by atoms with Crippen LogP contribution in [-0.2, 0) is 47.0 Å². The number of para-hydroxylation sites is 1. The largest absolute Gasteiger partial charge is 0.492 e. The highest BCUT2D eigenvalue weighted by Crippen LogP contribution is 2.45. The zero-order valence-electron chi connectivity index (χ0n) is 32.3. The first-order valence-electron chi connectivity index (χ1n) is 20.1. The maximum atomic E-state index is 14.6. The van der Waals surface area contributed by atoms with Crippen molar-refractivity contribution >= 4 is 39.9 Å². The SMILES string of the molecule is C=C[C@@H]1C[C@@]12NC(=O)[C@@H]1C[C@@H](OC(=O)N3Cc4cccc(F)c4C3)CN1C(=O)[C@@H](NC(=O)OC1CCCC1)CCCCCCCOc1ccccc1S(=O)(=O)NC2=O. The number of ether oxygens (including phenoxy) is 3. The fourth-order valence-corrected chi connectivity index (χ4v) is 9.64. The molecular weight excluding hydrogens is 774 g/mol. The van der Waals surface area contributed by atoms with Gasteiger partial charge in [-0.15, -0.1) is 6.58 Å². The third-order valence-corrected chi connectivity index (χ3v) is 13.1. The molecule has 15 nitrogen and oxygen atoms in total. The Kier molecular flexibility index (Phi) is 12.3. The number of nitrogens with one attached hydrogen (secondary N) is 3. The van der Waals surface area contributed by atoms with E-state index in [0.29, 0.717) is 30.4 Å². The van der Waals surface area contributed by atoms with Gasteiger partial charge >= 0.3 is 12.2 Å². The van der Waals surface area contributed by atoms with E-state index >= 15 is 0 Å². The summed E-state index contributed by atoms with van der Waals surface area (Å²) in [7, 11) is -4.48. The molecule has 0 radical (unpaired) electrons. The minimum atomic E-state index is -4.48. The first kappa shape index (κ1) is 41.0. The van der Waals surface area contributed by atoms with E-state index in [2.05, 4.69) is 21.9 Å². The maximum absolute atomic E-state index is 14.6. The number of amides is 5. The number of nitrogens with zero attached hydrogens (tertiary/aromatic N) is 2. The Morgan fingerprint density at radius 2 is 1.67 bits per heavy atom. The van der Waals surface area contributed by atoms with Crippen molar-refractivity contribution in [3.8, 4) is 5.75 Å². The number of fused-ring (bicyclic) bond motifs is 3. The van der Waals surface area contributed by atoms with Crippen molar-refractivity contribution in [2.24, 2.45) is 5.92 Å². The fraction of sp³-hybridized carbons (Fsp3) is 0.537. The molecule has 1 spiro atoms. The highest BCUT2D eigenvalue weighted by Gasteiger charge is 2.61. The van der Waals surface area contributed by atoms with Gasteiger partial charge in [-0.05, 0) is 68.7 Å². The topological polar surface area (TPSA) is 190 Å². The van der Waals surface area contributed by atoms with Gasteiger partial charge in [-0.2, -0.15) is 0 Å². The molecule has 5 atom stereocenters. The molecule has 312 valence electrons. The van der Waals surface area contributed by atoms with Crippen LogP contribution in [0.4, 0.5) is 14.0 Å². The number of carbonyl (C=O) groups excluding carboxylic acids is 5. The Bertz CT molecular complexity index is 2040. The molecule has 5 aliphatic rings. The van der Waals surface area contributed by atoms with Crippen molar-refractivity contribution in [2.75, 3.05) is 13.2 Å². The molecule has 3 fully saturated rings. The van der Waals surface area contributed by atoms with Gasteiger partial charge in [-0.1, -0.05) is 56.0 Å². The summed E-state index contributed by atoms with van der Waals surface area (Å²) in [6, 6.07) is 8.18. The molecule has 58 heavy (non-hydrogen) atoms. The van der Waals surface area contributed by atoms with Gasteiger partial charge < -0.3 is 29.7 Å². The lowest BCUT2D eigenvalue weighted by Crippen LogP contribution is -2.58. The predicted molar refractivity (Wildman–Crippen MR) is 206 cm³/mol. The molecule has 3 aliphatic heterocycles. The van der Waals surface area contributed by atoms with Gasteiger partial charge in [0.2, 0.25) is 11.8 Å². The third kappa shape index (κ3) is 8.93. The number of rotatable bonds is 4. The van der Waals surface area contributed by atoms with E-state index in [1.165, 1.54) is 40.1 Å². The minimum Gasteiger partial charge on any atom is -0.492 e. The van der Waals surface area contributed by atoms with Crippen LogP contribution in [0.5, 0.6) is 5.75 Å². The van der Waals surface area contributed by atoms with Crippen LogP contribution in [0.3, 0.4) is 0 Å². The second kappa shape index (κ2) is 17.3. The summed E-state index contributed by atoms with van der Waals surface area (Å²) in [6.07, 6.45) is 5.43. The molecule has 17 heteroatoms. The zero-order chi connectivity index (χ0) is 41.0. The predicted octanol–water partition coefficient (Wildman–Crippen LogP) is 4.58. The Balaban J connectivity index is 1.16. The van der Waals surface area contributed by atoms with Gasteiger partial charge in [0.1, 0.15) is 46.3 Å². The second-order valence-electron chi connectivity index (χ2n) is 15.8. The number of carbonyl (C=O) groups is 5. The molecule has 3 heterocycles. The van der Waals surface area contributed by atoms with E-state index in [1.54, 1.807) is 18.2 Å². The van der Waals surface area contributed by atoms with E-state index in [-0.39, 0.29) is 62.3 Å². The van der Waals surface area contributed by atoms with Crippen LogP contribution in [0.15, 0.2) is 60.0 Å². The van der Waals surface area contributed by atoms with E-state index < -0.39 is 75.4 Å². The van der Waals surface area contributed by atoms with Crippen LogP contribution >= 0.6 is 0 Å². The van der Waals surface area contributed by atoms with Crippen molar-refractivity contribution in [1.82, 2.24) is 25.2 Å². The standard InChI is InChI=1S/C41H50FN5O10S/c1-2-27-22-41(27)38(50)45-58(53,54)35-19-10-9-18-34(35)55-20-11-5-3-4-6-17-32(43-39(51)56-28-14-7-8-15-28)37(49)47-24-29(21-33(47)36(48)44-41)57-40(52)46-23-26-13-12-16-31(42)30(26)25-46/h2,9-10,12-13,16,18-19,27-29,32-33H,1,3-8,11,14-15,17,20-25H2,(H,43,51)(H,44,48)(H,45,50)/t27-,29-,32+,33+,41-/m1/s1. The summed E-state index contributed by atoms with van der Waals surface area (Å²) >= 11 is 0. The quantitative estimate of drug-likeness (QED) is 0.368. The van der Waals surface area contributed by atoms with Crippen LogP contribution in [0.25, 0.3) is 0 Å². The molecule has 3 N–H and O–H groups in total. The van der Waals surface area contributed by atoms with Gasteiger partial charge in [0, 0.05) is 24.4 Å². The van der Waals surface area contributed by atoms with Gasteiger partial charge in [-0.25, -0.2) is 27.1 Å². The molecule has 5 amide bonds. The van der Waals surface area contributed by atoms with Crippen molar-refractivity contribution < 1.29 is 51.0 Å². The summed E-state index contributed by atoms with van der Waals surface area (Å²) in [5, 5.41) is 5.47. The molecule has 2 aromatic carbocycles. The molecule has 0 aromatic heterocycles. The third-order valence-electron chi connectivity index (χ3n) is 11.8. The lowest BCUT2D eigenvalue weighted by Gasteiger charge is -2.30. The summed E-state index contributed by atoms with van der Waals surface area (Å²) in [5.74, 6) is -3.40.